The van der Waals surface area contributed by atoms with Crippen molar-refractivity contribution in [2.24, 2.45) is 0 Å². The maximum absolute atomic E-state index is 12.4. The highest BCUT2D eigenvalue weighted by molar-refractivity contribution is 5.89. The minimum absolute atomic E-state index is 0.0871. The molecule has 2 N–H and O–H groups in total. The summed E-state index contributed by atoms with van der Waals surface area (Å²) in [5.74, 6) is -0.424. The average Bonchev–Trinajstić information content (AvgIpc) is 2.60. The number of piperidine rings is 1. The number of amides is 1. The monoisotopic (exact) mass is 320 g/mol. The van der Waals surface area contributed by atoms with Gasteiger partial charge in [0, 0.05) is 13.7 Å². The highest BCUT2D eigenvalue weighted by Crippen LogP contribution is 2.22. The molecular formula is C17H24N2O4. The number of nitrogens with one attached hydrogen (secondary N) is 2. The molecule has 1 aromatic carbocycles. The van der Waals surface area contributed by atoms with Gasteiger partial charge in [-0.3, -0.25) is 4.79 Å². The first kappa shape index (κ1) is 17.4. The zero-order valence-electron chi connectivity index (χ0n) is 13.7. The maximum Gasteiger partial charge on any atom is 0.338 e. The van der Waals surface area contributed by atoms with E-state index in [0.29, 0.717) is 31.6 Å². The molecule has 1 fully saturated rings. The van der Waals surface area contributed by atoms with Gasteiger partial charge in [-0.15, -0.1) is 0 Å². The van der Waals surface area contributed by atoms with Gasteiger partial charge < -0.3 is 20.1 Å². The van der Waals surface area contributed by atoms with Crippen molar-refractivity contribution in [3.05, 3.63) is 35.4 Å². The summed E-state index contributed by atoms with van der Waals surface area (Å²) in [4.78, 5) is 24.0. The summed E-state index contributed by atoms with van der Waals surface area (Å²) in [6.45, 7) is 4.07. The van der Waals surface area contributed by atoms with E-state index in [9.17, 15) is 9.59 Å². The Kier molecular flexibility index (Phi) is 6.12. The number of esters is 1. The van der Waals surface area contributed by atoms with Gasteiger partial charge in [-0.2, -0.15) is 0 Å². The van der Waals surface area contributed by atoms with Crippen LogP contribution in [0.3, 0.4) is 0 Å². The molecule has 1 heterocycles. The summed E-state index contributed by atoms with van der Waals surface area (Å²) >= 11 is 0. The summed E-state index contributed by atoms with van der Waals surface area (Å²) in [6, 6.07) is 7.04. The Hall–Kier alpha value is -1.92. The normalized spacial score (nSPS) is 16.6. The maximum atomic E-state index is 12.4. The zero-order chi connectivity index (χ0) is 16.7. The summed E-state index contributed by atoms with van der Waals surface area (Å²) in [6.07, 6.45) is 1.33. The number of ether oxygens (including phenoxy) is 2. The van der Waals surface area contributed by atoms with E-state index in [1.807, 2.05) is 12.1 Å². The van der Waals surface area contributed by atoms with Gasteiger partial charge in [-0.25, -0.2) is 4.79 Å². The second-order valence-electron chi connectivity index (χ2n) is 5.55. The lowest BCUT2D eigenvalue weighted by molar-refractivity contribution is -0.146. The second-order valence-corrected chi connectivity index (χ2v) is 5.55. The van der Waals surface area contributed by atoms with Crippen LogP contribution in [0.25, 0.3) is 0 Å². The summed E-state index contributed by atoms with van der Waals surface area (Å²) in [7, 11) is 1.58. The van der Waals surface area contributed by atoms with Gasteiger partial charge in [-0.05, 0) is 50.6 Å². The van der Waals surface area contributed by atoms with Crippen LogP contribution in [0.1, 0.15) is 35.7 Å². The van der Waals surface area contributed by atoms with Gasteiger partial charge in [0.2, 0.25) is 0 Å². The molecule has 1 aliphatic heterocycles. The van der Waals surface area contributed by atoms with E-state index < -0.39 is 5.60 Å². The predicted molar refractivity (Wildman–Crippen MR) is 86.1 cm³/mol. The molecule has 126 valence electrons. The summed E-state index contributed by atoms with van der Waals surface area (Å²) < 4.78 is 10.4. The molecule has 1 saturated heterocycles. The van der Waals surface area contributed by atoms with Crippen molar-refractivity contribution in [3.63, 3.8) is 0 Å². The first-order valence-electron chi connectivity index (χ1n) is 7.91. The second kappa shape index (κ2) is 8.08. The van der Waals surface area contributed by atoms with Gasteiger partial charge in [0.1, 0.15) is 5.60 Å². The van der Waals surface area contributed by atoms with Gasteiger partial charge in [0.05, 0.1) is 12.2 Å². The predicted octanol–water partition coefficient (Wildman–Crippen LogP) is 1.25. The fraction of sp³-hybridized carbons (Fsp3) is 0.529. The van der Waals surface area contributed by atoms with E-state index in [1.165, 1.54) is 0 Å². The molecule has 1 amide bonds. The molecule has 1 aromatic rings. The third-order valence-corrected chi connectivity index (χ3v) is 4.13. The number of hydrogen-bond donors (Lipinski definition) is 2. The third kappa shape index (κ3) is 4.30. The van der Waals surface area contributed by atoms with Crippen molar-refractivity contribution in [2.75, 3.05) is 26.8 Å². The van der Waals surface area contributed by atoms with Crippen LogP contribution in [0, 0.1) is 0 Å². The standard InChI is InChI=1S/C17H24N2O4/c1-3-23-15(20)14-6-4-13(5-7-14)12-19-16(21)17(22-2)8-10-18-11-9-17/h4-7,18H,3,8-12H2,1-2H3,(H,19,21). The van der Waals surface area contributed by atoms with Crippen molar-refractivity contribution < 1.29 is 19.1 Å². The third-order valence-electron chi connectivity index (χ3n) is 4.13. The SMILES string of the molecule is CCOC(=O)c1ccc(CNC(=O)C2(OC)CCNCC2)cc1. The highest BCUT2D eigenvalue weighted by atomic mass is 16.5. The van der Waals surface area contributed by atoms with E-state index in [-0.39, 0.29) is 11.9 Å². The summed E-state index contributed by atoms with van der Waals surface area (Å²) in [5.41, 5.74) is 0.691. The molecule has 0 unspecified atom stereocenters. The van der Waals surface area contributed by atoms with E-state index in [4.69, 9.17) is 9.47 Å². The Morgan fingerprint density at radius 1 is 1.22 bits per heavy atom. The fourth-order valence-corrected chi connectivity index (χ4v) is 2.67. The summed E-state index contributed by atoms with van der Waals surface area (Å²) in [5, 5.41) is 6.15. The van der Waals surface area contributed by atoms with Gasteiger partial charge in [0.25, 0.3) is 5.91 Å². The number of carbonyl (C=O) groups is 2. The smallest absolute Gasteiger partial charge is 0.338 e. The largest absolute Gasteiger partial charge is 0.462 e. The quantitative estimate of drug-likeness (QED) is 0.772. The molecule has 0 aliphatic carbocycles. The van der Waals surface area contributed by atoms with Crippen LogP contribution >= 0.6 is 0 Å². The highest BCUT2D eigenvalue weighted by Gasteiger charge is 2.39. The minimum atomic E-state index is -0.740. The molecule has 6 nitrogen and oxygen atoms in total. The molecule has 0 spiro atoms. The fourth-order valence-electron chi connectivity index (χ4n) is 2.67. The first-order valence-corrected chi connectivity index (χ1v) is 7.91. The molecule has 0 aromatic heterocycles. The minimum Gasteiger partial charge on any atom is -0.462 e. The van der Waals surface area contributed by atoms with Crippen LogP contribution in [-0.4, -0.2) is 44.3 Å². The molecule has 0 radical (unpaired) electrons. The molecule has 6 heteroatoms. The molecule has 1 aliphatic rings. The van der Waals surface area contributed by atoms with Crippen molar-refractivity contribution in [1.29, 1.82) is 0 Å². The van der Waals surface area contributed by atoms with Crippen molar-refractivity contribution in [1.82, 2.24) is 10.6 Å². The Morgan fingerprint density at radius 3 is 2.43 bits per heavy atom. The number of rotatable bonds is 6. The van der Waals surface area contributed by atoms with Crippen molar-refractivity contribution in [2.45, 2.75) is 31.9 Å². The lowest BCUT2D eigenvalue weighted by Gasteiger charge is -2.34. The number of benzene rings is 1. The molecule has 23 heavy (non-hydrogen) atoms. The van der Waals surface area contributed by atoms with Gasteiger partial charge >= 0.3 is 5.97 Å². The lowest BCUT2D eigenvalue weighted by Crippen LogP contribution is -2.53. The number of carbonyl (C=O) groups excluding carboxylic acids is 2. The number of methoxy groups -OCH3 is 1. The van der Waals surface area contributed by atoms with Crippen LogP contribution in [-0.2, 0) is 20.8 Å². The van der Waals surface area contributed by atoms with Crippen molar-refractivity contribution in [3.8, 4) is 0 Å². The zero-order valence-corrected chi connectivity index (χ0v) is 13.7. The molecule has 0 bridgehead atoms. The Morgan fingerprint density at radius 2 is 1.87 bits per heavy atom. The Balaban J connectivity index is 1.92. The molecule has 0 saturated carbocycles. The van der Waals surface area contributed by atoms with Crippen LogP contribution < -0.4 is 10.6 Å². The van der Waals surface area contributed by atoms with E-state index in [2.05, 4.69) is 10.6 Å². The van der Waals surface area contributed by atoms with Crippen LogP contribution in [0.5, 0.6) is 0 Å². The lowest BCUT2D eigenvalue weighted by atomic mass is 9.91. The van der Waals surface area contributed by atoms with E-state index in [1.54, 1.807) is 26.2 Å². The molecule has 0 atom stereocenters. The van der Waals surface area contributed by atoms with Crippen molar-refractivity contribution >= 4 is 11.9 Å². The van der Waals surface area contributed by atoms with Crippen LogP contribution in [0.15, 0.2) is 24.3 Å². The molecule has 2 rings (SSSR count). The average molecular weight is 320 g/mol. The van der Waals surface area contributed by atoms with E-state index >= 15 is 0 Å². The topological polar surface area (TPSA) is 76.7 Å². The van der Waals surface area contributed by atoms with E-state index in [0.717, 1.165) is 18.7 Å². The Bertz CT molecular complexity index is 536. The Labute approximate surface area is 136 Å². The van der Waals surface area contributed by atoms with Crippen LogP contribution in [0.4, 0.5) is 0 Å². The first-order chi connectivity index (χ1) is 11.1. The van der Waals surface area contributed by atoms with Crippen LogP contribution in [0.2, 0.25) is 0 Å². The van der Waals surface area contributed by atoms with Gasteiger partial charge in [0.15, 0.2) is 0 Å². The molecular weight excluding hydrogens is 296 g/mol. The number of hydrogen-bond acceptors (Lipinski definition) is 5. The van der Waals surface area contributed by atoms with Gasteiger partial charge in [-0.1, -0.05) is 12.1 Å².